The van der Waals surface area contributed by atoms with Gasteiger partial charge in [0.2, 0.25) is 0 Å². The summed E-state index contributed by atoms with van der Waals surface area (Å²) in [5.41, 5.74) is 8.38. The summed E-state index contributed by atoms with van der Waals surface area (Å²) < 4.78 is 5.67. The maximum absolute atomic E-state index is 5.67. The average Bonchev–Trinajstić information content (AvgIpc) is 2.58. The second-order valence-electron chi connectivity index (χ2n) is 8.28. The van der Waals surface area contributed by atoms with Crippen molar-refractivity contribution in [2.24, 2.45) is 5.92 Å². The molecule has 0 amide bonds. The standard InChI is InChI=1S/C23H29BrO/c1-14-9-21-19(16(3)15(2)12-23(21,4)5)11-18(14)20-10-17(13-24)7-8-22(20)25-6/h7-11,15-16H,12-13H2,1-6H3. The number of rotatable bonds is 3. The molecule has 1 aliphatic carbocycles. The van der Waals surface area contributed by atoms with Crippen LogP contribution in [0.4, 0.5) is 0 Å². The van der Waals surface area contributed by atoms with Crippen LogP contribution >= 0.6 is 15.9 Å². The SMILES string of the molecule is COc1ccc(CBr)cc1-c1cc2c(cc1C)C(C)(C)CC(C)C2C. The van der Waals surface area contributed by atoms with Crippen LogP contribution in [-0.2, 0) is 10.7 Å². The topological polar surface area (TPSA) is 9.23 Å². The smallest absolute Gasteiger partial charge is 0.126 e. The van der Waals surface area contributed by atoms with E-state index in [2.05, 4.69) is 80.9 Å². The molecular weight excluding hydrogens is 372 g/mol. The fraction of sp³-hybridized carbons (Fsp3) is 0.478. The van der Waals surface area contributed by atoms with Crippen molar-refractivity contribution in [3.63, 3.8) is 0 Å². The van der Waals surface area contributed by atoms with Crippen LogP contribution in [0.25, 0.3) is 11.1 Å². The second kappa shape index (κ2) is 6.79. The predicted octanol–water partition coefficient (Wildman–Crippen LogP) is 6.99. The molecule has 2 aromatic carbocycles. The average molecular weight is 401 g/mol. The number of hydrogen-bond donors (Lipinski definition) is 0. The highest BCUT2D eigenvalue weighted by Crippen LogP contribution is 2.48. The fourth-order valence-electron chi connectivity index (χ4n) is 4.42. The number of benzene rings is 2. The molecule has 2 unspecified atom stereocenters. The Bertz CT molecular complexity index is 791. The monoisotopic (exact) mass is 400 g/mol. The molecule has 25 heavy (non-hydrogen) atoms. The largest absolute Gasteiger partial charge is 0.496 e. The van der Waals surface area contributed by atoms with Gasteiger partial charge in [0.15, 0.2) is 0 Å². The lowest BCUT2D eigenvalue weighted by Gasteiger charge is -2.41. The maximum Gasteiger partial charge on any atom is 0.126 e. The molecule has 0 heterocycles. The first-order chi connectivity index (χ1) is 11.8. The number of ether oxygens (including phenoxy) is 1. The van der Waals surface area contributed by atoms with Crippen LogP contribution in [0.1, 0.15) is 62.3 Å². The number of aryl methyl sites for hydroxylation is 1. The summed E-state index contributed by atoms with van der Waals surface area (Å²) in [6, 6.07) is 11.3. The van der Waals surface area contributed by atoms with Gasteiger partial charge in [0.1, 0.15) is 5.75 Å². The summed E-state index contributed by atoms with van der Waals surface area (Å²) in [6.45, 7) is 11.8. The number of fused-ring (bicyclic) bond motifs is 1. The Morgan fingerprint density at radius 2 is 1.84 bits per heavy atom. The van der Waals surface area contributed by atoms with E-state index in [1.807, 2.05) is 0 Å². The molecule has 134 valence electrons. The molecule has 0 aliphatic heterocycles. The lowest BCUT2D eigenvalue weighted by atomic mass is 9.64. The molecule has 0 bridgehead atoms. The van der Waals surface area contributed by atoms with Crippen molar-refractivity contribution in [1.82, 2.24) is 0 Å². The fourth-order valence-corrected chi connectivity index (χ4v) is 4.77. The summed E-state index contributed by atoms with van der Waals surface area (Å²) in [5, 5.41) is 0.856. The van der Waals surface area contributed by atoms with Gasteiger partial charge in [0.05, 0.1) is 7.11 Å². The van der Waals surface area contributed by atoms with Crippen LogP contribution in [0, 0.1) is 12.8 Å². The minimum Gasteiger partial charge on any atom is -0.496 e. The molecule has 1 nitrogen and oxygen atoms in total. The van der Waals surface area contributed by atoms with Gasteiger partial charge in [-0.3, -0.25) is 0 Å². The van der Waals surface area contributed by atoms with Gasteiger partial charge in [-0.2, -0.15) is 0 Å². The van der Waals surface area contributed by atoms with E-state index in [0.717, 1.165) is 11.1 Å². The number of hydrogen-bond acceptors (Lipinski definition) is 1. The molecule has 0 aromatic heterocycles. The third-order valence-corrected chi connectivity index (χ3v) is 6.66. The van der Waals surface area contributed by atoms with E-state index >= 15 is 0 Å². The third-order valence-electron chi connectivity index (χ3n) is 6.01. The van der Waals surface area contributed by atoms with E-state index in [1.54, 1.807) is 7.11 Å². The molecule has 3 rings (SSSR count). The van der Waals surface area contributed by atoms with Crippen LogP contribution in [0.3, 0.4) is 0 Å². The molecule has 1 aliphatic rings. The highest BCUT2D eigenvalue weighted by atomic mass is 79.9. The first-order valence-electron chi connectivity index (χ1n) is 9.16. The normalized spacial score (nSPS) is 21.7. The van der Waals surface area contributed by atoms with Crippen LogP contribution < -0.4 is 4.74 Å². The van der Waals surface area contributed by atoms with Gasteiger partial charge < -0.3 is 4.74 Å². The molecule has 2 heteroatoms. The van der Waals surface area contributed by atoms with Crippen molar-refractivity contribution in [3.05, 3.63) is 52.6 Å². The number of alkyl halides is 1. The minimum absolute atomic E-state index is 0.242. The molecular formula is C23H29BrO. The Hall–Kier alpha value is -1.28. The summed E-state index contributed by atoms with van der Waals surface area (Å²) >= 11 is 3.58. The van der Waals surface area contributed by atoms with Crippen molar-refractivity contribution in [2.75, 3.05) is 7.11 Å². The summed E-state index contributed by atoms with van der Waals surface area (Å²) in [6.07, 6.45) is 1.25. The quantitative estimate of drug-likeness (QED) is 0.504. The Kier molecular flexibility index (Phi) is 5.03. The molecule has 2 atom stereocenters. The highest BCUT2D eigenvalue weighted by molar-refractivity contribution is 9.08. The van der Waals surface area contributed by atoms with Crippen LogP contribution in [0.2, 0.25) is 0 Å². The maximum atomic E-state index is 5.67. The molecule has 0 fully saturated rings. The van der Waals surface area contributed by atoms with E-state index < -0.39 is 0 Å². The van der Waals surface area contributed by atoms with E-state index in [9.17, 15) is 0 Å². The predicted molar refractivity (Wildman–Crippen MR) is 111 cm³/mol. The van der Waals surface area contributed by atoms with Gasteiger partial charge in [-0.15, -0.1) is 0 Å². The highest BCUT2D eigenvalue weighted by Gasteiger charge is 2.35. The molecule has 0 saturated carbocycles. The second-order valence-corrected chi connectivity index (χ2v) is 8.84. The van der Waals surface area contributed by atoms with Crippen molar-refractivity contribution < 1.29 is 4.74 Å². The van der Waals surface area contributed by atoms with Crippen molar-refractivity contribution in [2.45, 2.75) is 57.7 Å². The number of halogens is 1. The summed E-state index contributed by atoms with van der Waals surface area (Å²) in [7, 11) is 1.76. The Balaban J connectivity index is 2.23. The van der Waals surface area contributed by atoms with Crippen molar-refractivity contribution >= 4 is 15.9 Å². The number of methoxy groups -OCH3 is 1. The Labute approximate surface area is 160 Å². The van der Waals surface area contributed by atoms with Gasteiger partial charge in [-0.1, -0.05) is 61.8 Å². The van der Waals surface area contributed by atoms with Gasteiger partial charge in [0.25, 0.3) is 0 Å². The first kappa shape index (κ1) is 18.5. The van der Waals surface area contributed by atoms with Crippen LogP contribution in [0.15, 0.2) is 30.3 Å². The van der Waals surface area contributed by atoms with Gasteiger partial charge >= 0.3 is 0 Å². The van der Waals surface area contributed by atoms with Gasteiger partial charge in [-0.25, -0.2) is 0 Å². The van der Waals surface area contributed by atoms with E-state index in [4.69, 9.17) is 4.74 Å². The van der Waals surface area contributed by atoms with Gasteiger partial charge in [0, 0.05) is 10.9 Å². The van der Waals surface area contributed by atoms with Crippen LogP contribution in [-0.4, -0.2) is 7.11 Å². The minimum atomic E-state index is 0.242. The van der Waals surface area contributed by atoms with Crippen molar-refractivity contribution in [1.29, 1.82) is 0 Å². The van der Waals surface area contributed by atoms with Crippen LogP contribution in [0.5, 0.6) is 5.75 Å². The molecule has 2 aromatic rings. The molecule has 0 radical (unpaired) electrons. The summed E-state index contributed by atoms with van der Waals surface area (Å²) in [4.78, 5) is 0. The zero-order valence-corrected chi connectivity index (χ0v) is 17.8. The van der Waals surface area contributed by atoms with Gasteiger partial charge in [-0.05, 0) is 70.5 Å². The van der Waals surface area contributed by atoms with Crippen molar-refractivity contribution in [3.8, 4) is 16.9 Å². The molecule has 0 N–H and O–H groups in total. The lowest BCUT2D eigenvalue weighted by Crippen LogP contribution is -2.30. The Morgan fingerprint density at radius 3 is 2.48 bits per heavy atom. The third kappa shape index (κ3) is 3.26. The lowest BCUT2D eigenvalue weighted by molar-refractivity contribution is 0.310. The summed E-state index contributed by atoms with van der Waals surface area (Å²) in [5.74, 6) is 2.24. The van der Waals surface area contributed by atoms with E-state index in [-0.39, 0.29) is 5.41 Å². The van der Waals surface area contributed by atoms with E-state index in [1.165, 1.54) is 39.8 Å². The zero-order chi connectivity index (χ0) is 18.4. The first-order valence-corrected chi connectivity index (χ1v) is 10.3. The zero-order valence-electron chi connectivity index (χ0n) is 16.2. The Morgan fingerprint density at radius 1 is 1.12 bits per heavy atom. The molecule has 0 spiro atoms. The van der Waals surface area contributed by atoms with E-state index in [0.29, 0.717) is 11.8 Å². The molecule has 0 saturated heterocycles.